The van der Waals surface area contributed by atoms with Crippen molar-refractivity contribution in [2.24, 2.45) is 5.92 Å². The Hall–Kier alpha value is -1.84. The fourth-order valence-corrected chi connectivity index (χ4v) is 3.14. The zero-order chi connectivity index (χ0) is 17.1. The van der Waals surface area contributed by atoms with E-state index in [9.17, 15) is 9.59 Å². The second-order valence-electron chi connectivity index (χ2n) is 6.95. The third kappa shape index (κ3) is 3.92. The topological polar surface area (TPSA) is 40.6 Å². The lowest BCUT2D eigenvalue weighted by Gasteiger charge is -2.41. The molecular weight excluding hydrogens is 288 g/mol. The molecular formula is C19H28N2O2. The predicted octanol–water partition coefficient (Wildman–Crippen LogP) is 2.91. The Morgan fingerprint density at radius 2 is 1.91 bits per heavy atom. The van der Waals surface area contributed by atoms with Crippen molar-refractivity contribution in [3.63, 3.8) is 0 Å². The first-order valence-corrected chi connectivity index (χ1v) is 8.47. The molecule has 0 spiro atoms. The van der Waals surface area contributed by atoms with E-state index >= 15 is 0 Å². The summed E-state index contributed by atoms with van der Waals surface area (Å²) in [5, 5.41) is 0. The van der Waals surface area contributed by atoms with Gasteiger partial charge in [0, 0.05) is 13.1 Å². The molecule has 1 aromatic rings. The van der Waals surface area contributed by atoms with Gasteiger partial charge < -0.3 is 9.80 Å². The van der Waals surface area contributed by atoms with Gasteiger partial charge in [-0.3, -0.25) is 9.59 Å². The molecule has 0 bridgehead atoms. The zero-order valence-corrected chi connectivity index (χ0v) is 14.9. The van der Waals surface area contributed by atoms with E-state index in [-0.39, 0.29) is 24.4 Å². The number of nitrogens with zero attached hydrogens (tertiary/aromatic N) is 2. The third-order valence-corrected chi connectivity index (χ3v) is 4.54. The molecule has 1 fully saturated rings. The minimum absolute atomic E-state index is 0.0537. The monoisotopic (exact) mass is 316 g/mol. The molecule has 2 amide bonds. The van der Waals surface area contributed by atoms with E-state index < -0.39 is 0 Å². The van der Waals surface area contributed by atoms with Crippen molar-refractivity contribution in [3.05, 3.63) is 34.9 Å². The van der Waals surface area contributed by atoms with Crippen molar-refractivity contribution in [1.29, 1.82) is 0 Å². The highest BCUT2D eigenvalue weighted by molar-refractivity contribution is 5.94. The van der Waals surface area contributed by atoms with E-state index in [1.54, 1.807) is 9.80 Å². The summed E-state index contributed by atoms with van der Waals surface area (Å²) < 4.78 is 0. The van der Waals surface area contributed by atoms with Crippen LogP contribution in [0, 0.1) is 19.8 Å². The second kappa shape index (κ2) is 7.16. The summed E-state index contributed by atoms with van der Waals surface area (Å²) in [5.41, 5.74) is 3.47. The summed E-state index contributed by atoms with van der Waals surface area (Å²) in [4.78, 5) is 28.8. The van der Waals surface area contributed by atoms with Crippen LogP contribution in [0.1, 0.15) is 43.9 Å². The Bertz CT molecular complexity index is 595. The van der Waals surface area contributed by atoms with Crippen molar-refractivity contribution in [1.82, 2.24) is 9.80 Å². The van der Waals surface area contributed by atoms with Gasteiger partial charge in [-0.05, 0) is 44.2 Å². The largest absolute Gasteiger partial charge is 0.332 e. The summed E-state index contributed by atoms with van der Waals surface area (Å²) in [5.74, 6) is 0.513. The molecule has 0 saturated carbocycles. The molecule has 4 nitrogen and oxygen atoms in total. The highest BCUT2D eigenvalue weighted by Gasteiger charge is 2.38. The molecule has 1 saturated heterocycles. The summed E-state index contributed by atoms with van der Waals surface area (Å²) in [6, 6.07) is 5.94. The number of aryl methyl sites for hydroxylation is 2. The fraction of sp³-hybridized carbons (Fsp3) is 0.579. The van der Waals surface area contributed by atoms with Gasteiger partial charge in [0.25, 0.3) is 0 Å². The molecule has 4 heteroatoms. The van der Waals surface area contributed by atoms with Crippen LogP contribution in [-0.4, -0.2) is 40.7 Å². The van der Waals surface area contributed by atoms with Crippen molar-refractivity contribution < 1.29 is 9.59 Å². The minimum atomic E-state index is -0.337. The normalized spacial score (nSPS) is 19.0. The van der Waals surface area contributed by atoms with Gasteiger partial charge >= 0.3 is 0 Å². The first kappa shape index (κ1) is 17.5. The summed E-state index contributed by atoms with van der Waals surface area (Å²) >= 11 is 0. The summed E-state index contributed by atoms with van der Waals surface area (Å²) in [7, 11) is 0. The van der Waals surface area contributed by atoms with Crippen LogP contribution < -0.4 is 0 Å². The maximum absolute atomic E-state index is 12.7. The number of piperazine rings is 1. The molecule has 126 valence electrons. The molecule has 1 aromatic carbocycles. The smallest absolute Gasteiger partial charge is 0.245 e. The number of amides is 2. The first-order valence-electron chi connectivity index (χ1n) is 8.47. The van der Waals surface area contributed by atoms with E-state index in [0.29, 0.717) is 25.4 Å². The Morgan fingerprint density at radius 1 is 1.22 bits per heavy atom. The molecule has 2 rings (SSSR count). The van der Waals surface area contributed by atoms with Crippen molar-refractivity contribution in [2.75, 3.05) is 13.1 Å². The molecule has 1 aliphatic heterocycles. The van der Waals surface area contributed by atoms with E-state index in [0.717, 1.165) is 11.1 Å². The maximum atomic E-state index is 12.7. The first-order chi connectivity index (χ1) is 10.8. The van der Waals surface area contributed by atoms with Crippen LogP contribution in [-0.2, 0) is 16.1 Å². The Labute approximate surface area is 139 Å². The lowest BCUT2D eigenvalue weighted by atomic mass is 9.97. The van der Waals surface area contributed by atoms with Gasteiger partial charge in [-0.2, -0.15) is 0 Å². The lowest BCUT2D eigenvalue weighted by molar-refractivity contribution is -0.157. The Morgan fingerprint density at radius 3 is 2.52 bits per heavy atom. The molecule has 1 atom stereocenters. The molecule has 1 aliphatic rings. The van der Waals surface area contributed by atoms with Gasteiger partial charge in [0.1, 0.15) is 6.04 Å². The van der Waals surface area contributed by atoms with Gasteiger partial charge in [-0.25, -0.2) is 0 Å². The molecule has 23 heavy (non-hydrogen) atoms. The summed E-state index contributed by atoms with van der Waals surface area (Å²) in [6.45, 7) is 11.5. The van der Waals surface area contributed by atoms with Gasteiger partial charge in [0.05, 0.1) is 6.54 Å². The third-order valence-electron chi connectivity index (χ3n) is 4.54. The van der Waals surface area contributed by atoms with Crippen LogP contribution in [0.4, 0.5) is 0 Å². The van der Waals surface area contributed by atoms with Gasteiger partial charge in [0.2, 0.25) is 11.8 Å². The number of carbonyl (C=O) groups excluding carboxylic acids is 2. The number of carbonyl (C=O) groups is 2. The van der Waals surface area contributed by atoms with Crippen LogP contribution in [0.3, 0.4) is 0 Å². The highest BCUT2D eigenvalue weighted by Crippen LogP contribution is 2.23. The average Bonchev–Trinajstić information content (AvgIpc) is 2.49. The quantitative estimate of drug-likeness (QED) is 0.838. The van der Waals surface area contributed by atoms with Crippen LogP contribution in [0.25, 0.3) is 0 Å². The van der Waals surface area contributed by atoms with Crippen molar-refractivity contribution in [2.45, 2.75) is 53.6 Å². The van der Waals surface area contributed by atoms with E-state index in [4.69, 9.17) is 0 Å². The number of benzene rings is 1. The highest BCUT2D eigenvalue weighted by atomic mass is 16.2. The molecule has 0 N–H and O–H groups in total. The SMILES string of the molecule is CCN1CC(=O)N(Cc2cc(C)ccc2C)[C@@H](CC(C)C)C1=O. The number of likely N-dealkylation sites (N-methyl/N-ethyl adjacent to an activating group) is 1. The zero-order valence-electron chi connectivity index (χ0n) is 14.9. The van der Waals surface area contributed by atoms with Gasteiger partial charge in [-0.1, -0.05) is 37.6 Å². The number of rotatable bonds is 5. The number of hydrogen-bond acceptors (Lipinski definition) is 2. The second-order valence-corrected chi connectivity index (χ2v) is 6.95. The molecule has 0 unspecified atom stereocenters. The molecule has 0 radical (unpaired) electrons. The fourth-order valence-electron chi connectivity index (χ4n) is 3.14. The van der Waals surface area contributed by atoms with Crippen LogP contribution in [0.5, 0.6) is 0 Å². The minimum Gasteiger partial charge on any atom is -0.332 e. The van der Waals surface area contributed by atoms with E-state index in [1.165, 1.54) is 5.56 Å². The van der Waals surface area contributed by atoms with E-state index in [1.807, 2.05) is 6.92 Å². The van der Waals surface area contributed by atoms with Crippen molar-refractivity contribution in [3.8, 4) is 0 Å². The van der Waals surface area contributed by atoms with Gasteiger partial charge in [0.15, 0.2) is 0 Å². The lowest BCUT2D eigenvalue weighted by Crippen LogP contribution is -2.59. The standard InChI is InChI=1S/C19H28N2O2/c1-6-20-12-18(22)21(17(19(20)23)9-13(2)3)11-16-10-14(4)7-8-15(16)5/h7-8,10,13,17H,6,9,11-12H2,1-5H3/t17-/m0/s1. The molecule has 0 aliphatic carbocycles. The average molecular weight is 316 g/mol. The van der Waals surface area contributed by atoms with Crippen LogP contribution in [0.2, 0.25) is 0 Å². The predicted molar refractivity (Wildman–Crippen MR) is 92.0 cm³/mol. The van der Waals surface area contributed by atoms with Crippen LogP contribution in [0.15, 0.2) is 18.2 Å². The van der Waals surface area contributed by atoms with Crippen LogP contribution >= 0.6 is 0 Å². The molecule has 1 heterocycles. The molecule has 0 aromatic heterocycles. The Kier molecular flexibility index (Phi) is 5.45. The summed E-state index contributed by atoms with van der Waals surface area (Å²) in [6.07, 6.45) is 0.714. The van der Waals surface area contributed by atoms with Gasteiger partial charge in [-0.15, -0.1) is 0 Å². The van der Waals surface area contributed by atoms with Crippen molar-refractivity contribution >= 4 is 11.8 Å². The van der Waals surface area contributed by atoms with E-state index in [2.05, 4.69) is 45.9 Å². The maximum Gasteiger partial charge on any atom is 0.245 e. The Balaban J connectivity index is 2.30. The number of hydrogen-bond donors (Lipinski definition) is 0.